The van der Waals surface area contributed by atoms with Crippen LogP contribution in [0.15, 0.2) is 42.5 Å². The summed E-state index contributed by atoms with van der Waals surface area (Å²) in [5.41, 5.74) is 4.02. The van der Waals surface area contributed by atoms with Gasteiger partial charge in [-0.05, 0) is 53.9 Å². The number of benzene rings is 2. The number of nitrogens with two attached hydrogens (primary N) is 1. The van der Waals surface area contributed by atoms with E-state index in [0.717, 1.165) is 24.3 Å². The summed E-state index contributed by atoms with van der Waals surface area (Å²) in [5.74, 6) is 0. The van der Waals surface area contributed by atoms with E-state index in [9.17, 15) is 26.3 Å². The molecule has 0 atom stereocenters. The lowest BCUT2D eigenvalue weighted by molar-refractivity contribution is -0.138. The maximum Gasteiger partial charge on any atom is 0.416 e. The quantitative estimate of drug-likeness (QED) is 0.795. The highest BCUT2D eigenvalue weighted by Crippen LogP contribution is 2.36. The van der Waals surface area contributed by atoms with Crippen molar-refractivity contribution in [1.82, 2.24) is 0 Å². The van der Waals surface area contributed by atoms with Gasteiger partial charge in [0.2, 0.25) is 0 Å². The second-order valence-corrected chi connectivity index (χ2v) is 5.03. The van der Waals surface area contributed by atoms with E-state index in [1.54, 1.807) is 0 Å². The summed E-state index contributed by atoms with van der Waals surface area (Å²) in [6.07, 6.45) is -8.94. The number of rotatable bonds is 3. The average Bonchev–Trinajstić information content (AvgIpc) is 2.46. The van der Waals surface area contributed by atoms with E-state index >= 15 is 0 Å². The van der Waals surface area contributed by atoms with Gasteiger partial charge in [0.15, 0.2) is 0 Å². The van der Waals surface area contributed by atoms with Crippen LogP contribution in [0.3, 0.4) is 0 Å². The third-order valence-corrected chi connectivity index (χ3v) is 3.28. The van der Waals surface area contributed by atoms with Crippen LogP contribution in [0.2, 0.25) is 0 Å². The molecule has 124 valence electrons. The Hall–Kier alpha value is -2.02. The lowest BCUT2D eigenvalue weighted by atomic mass is 9.97. The normalized spacial score (nSPS) is 12.5. The van der Waals surface area contributed by atoms with Crippen LogP contribution >= 0.6 is 0 Å². The Morgan fingerprint density at radius 2 is 1.35 bits per heavy atom. The zero-order valence-electron chi connectivity index (χ0n) is 11.8. The van der Waals surface area contributed by atoms with Crippen molar-refractivity contribution in [3.8, 4) is 11.1 Å². The van der Waals surface area contributed by atoms with Gasteiger partial charge < -0.3 is 5.73 Å². The van der Waals surface area contributed by atoms with Crippen molar-refractivity contribution in [2.45, 2.75) is 18.8 Å². The van der Waals surface area contributed by atoms with Crippen LogP contribution in [0.4, 0.5) is 26.3 Å². The molecule has 2 rings (SSSR count). The van der Waals surface area contributed by atoms with Crippen molar-refractivity contribution in [3.05, 3.63) is 59.2 Å². The van der Waals surface area contributed by atoms with Crippen LogP contribution < -0.4 is 5.73 Å². The lowest BCUT2D eigenvalue weighted by Crippen LogP contribution is -2.09. The Bertz CT molecular complexity index is 688. The molecule has 0 unspecified atom stereocenters. The van der Waals surface area contributed by atoms with Gasteiger partial charge in [-0.1, -0.05) is 18.2 Å². The third-order valence-electron chi connectivity index (χ3n) is 3.28. The van der Waals surface area contributed by atoms with Crippen molar-refractivity contribution in [2.24, 2.45) is 5.73 Å². The topological polar surface area (TPSA) is 26.0 Å². The van der Waals surface area contributed by atoms with E-state index in [2.05, 4.69) is 0 Å². The van der Waals surface area contributed by atoms with Gasteiger partial charge in [-0.25, -0.2) is 0 Å². The van der Waals surface area contributed by atoms with Gasteiger partial charge in [0, 0.05) is 0 Å². The Kier molecular flexibility index (Phi) is 4.70. The minimum absolute atomic E-state index is 0.0733. The molecule has 2 aromatic carbocycles. The van der Waals surface area contributed by atoms with Crippen molar-refractivity contribution >= 4 is 0 Å². The summed E-state index contributed by atoms with van der Waals surface area (Å²) in [6, 6.07) is 7.45. The SMILES string of the molecule is NCCc1cc(-c2cccc(C(F)(F)F)c2)cc(C(F)(F)F)c1. The summed E-state index contributed by atoms with van der Waals surface area (Å²) in [4.78, 5) is 0. The minimum Gasteiger partial charge on any atom is -0.330 e. The molecule has 0 spiro atoms. The van der Waals surface area contributed by atoms with Crippen molar-refractivity contribution in [3.63, 3.8) is 0 Å². The molecule has 0 heterocycles. The first-order valence-corrected chi connectivity index (χ1v) is 6.70. The second-order valence-electron chi connectivity index (χ2n) is 5.03. The molecule has 0 aromatic heterocycles. The fourth-order valence-corrected chi connectivity index (χ4v) is 2.21. The first-order valence-electron chi connectivity index (χ1n) is 6.70. The van der Waals surface area contributed by atoms with E-state index in [-0.39, 0.29) is 24.1 Å². The van der Waals surface area contributed by atoms with Crippen LogP contribution in [0, 0.1) is 0 Å². The predicted molar refractivity (Wildman–Crippen MR) is 74.6 cm³/mol. The molecule has 1 nitrogen and oxygen atoms in total. The van der Waals surface area contributed by atoms with Gasteiger partial charge in [-0.3, -0.25) is 0 Å². The number of alkyl halides is 6. The van der Waals surface area contributed by atoms with Gasteiger partial charge in [0.25, 0.3) is 0 Å². The fourth-order valence-electron chi connectivity index (χ4n) is 2.21. The van der Waals surface area contributed by atoms with E-state index < -0.39 is 23.5 Å². The monoisotopic (exact) mass is 333 g/mol. The van der Waals surface area contributed by atoms with E-state index in [1.807, 2.05) is 0 Å². The van der Waals surface area contributed by atoms with Gasteiger partial charge in [-0.2, -0.15) is 26.3 Å². The van der Waals surface area contributed by atoms with E-state index in [0.29, 0.717) is 5.56 Å². The molecule has 0 saturated carbocycles. The van der Waals surface area contributed by atoms with E-state index in [1.165, 1.54) is 18.2 Å². The maximum absolute atomic E-state index is 13.0. The smallest absolute Gasteiger partial charge is 0.330 e. The van der Waals surface area contributed by atoms with Crippen LogP contribution in [0.1, 0.15) is 16.7 Å². The van der Waals surface area contributed by atoms with Crippen LogP contribution in [-0.4, -0.2) is 6.54 Å². The molecule has 2 aromatic rings. The first kappa shape index (κ1) is 17.3. The molecule has 23 heavy (non-hydrogen) atoms. The molecule has 7 heteroatoms. The van der Waals surface area contributed by atoms with Crippen molar-refractivity contribution < 1.29 is 26.3 Å². The molecule has 0 fully saturated rings. The Balaban J connectivity index is 2.56. The lowest BCUT2D eigenvalue weighted by Gasteiger charge is -2.13. The number of hydrogen-bond donors (Lipinski definition) is 1. The molecule has 0 amide bonds. The van der Waals surface area contributed by atoms with Gasteiger partial charge in [0.1, 0.15) is 0 Å². The Morgan fingerprint density at radius 1 is 0.739 bits per heavy atom. The molecular formula is C16H13F6N. The highest BCUT2D eigenvalue weighted by molar-refractivity contribution is 5.66. The minimum atomic E-state index is -4.58. The maximum atomic E-state index is 13.0. The summed E-state index contributed by atoms with van der Waals surface area (Å²) in [7, 11) is 0. The molecule has 0 aliphatic heterocycles. The average molecular weight is 333 g/mol. The molecule has 0 saturated heterocycles. The molecule has 0 radical (unpaired) electrons. The van der Waals surface area contributed by atoms with Crippen LogP contribution in [-0.2, 0) is 18.8 Å². The summed E-state index contributed by atoms with van der Waals surface area (Å²) >= 11 is 0. The zero-order chi connectivity index (χ0) is 17.3. The second kappa shape index (κ2) is 6.23. The third kappa shape index (κ3) is 4.25. The fraction of sp³-hybridized carbons (Fsp3) is 0.250. The van der Waals surface area contributed by atoms with Crippen LogP contribution in [0.25, 0.3) is 11.1 Å². The number of halogens is 6. The highest BCUT2D eigenvalue weighted by Gasteiger charge is 2.32. The van der Waals surface area contributed by atoms with Crippen molar-refractivity contribution in [2.75, 3.05) is 6.54 Å². The zero-order valence-corrected chi connectivity index (χ0v) is 11.8. The largest absolute Gasteiger partial charge is 0.416 e. The van der Waals surface area contributed by atoms with Gasteiger partial charge >= 0.3 is 12.4 Å². The summed E-state index contributed by atoms with van der Waals surface area (Å²) < 4.78 is 77.2. The summed E-state index contributed by atoms with van der Waals surface area (Å²) in [6.45, 7) is 0.142. The molecule has 0 aliphatic rings. The summed E-state index contributed by atoms with van der Waals surface area (Å²) in [5, 5.41) is 0. The molecule has 0 bridgehead atoms. The Labute approximate surface area is 128 Å². The molecular weight excluding hydrogens is 320 g/mol. The first-order chi connectivity index (χ1) is 10.6. The predicted octanol–water partition coefficient (Wildman–Crippen LogP) is 4.89. The Morgan fingerprint density at radius 3 is 1.91 bits per heavy atom. The van der Waals surface area contributed by atoms with Gasteiger partial charge in [0.05, 0.1) is 11.1 Å². The van der Waals surface area contributed by atoms with Crippen LogP contribution in [0.5, 0.6) is 0 Å². The molecule has 0 aliphatic carbocycles. The van der Waals surface area contributed by atoms with Crippen molar-refractivity contribution in [1.29, 1.82) is 0 Å². The molecule has 2 N–H and O–H groups in total. The van der Waals surface area contributed by atoms with E-state index in [4.69, 9.17) is 5.73 Å². The standard InChI is InChI=1S/C16H13F6N/c17-15(18,19)13-3-1-2-11(8-13)12-6-10(4-5-23)7-14(9-12)16(20,21)22/h1-3,6-9H,4-5,23H2. The number of hydrogen-bond acceptors (Lipinski definition) is 1. The van der Waals surface area contributed by atoms with Gasteiger partial charge in [-0.15, -0.1) is 0 Å². The highest BCUT2D eigenvalue weighted by atomic mass is 19.4.